The number of aliphatic hydroxyl groups is 1. The van der Waals surface area contributed by atoms with Crippen LogP contribution >= 0.6 is 0 Å². The zero-order valence-corrected chi connectivity index (χ0v) is 13.4. The van der Waals surface area contributed by atoms with Gasteiger partial charge in [-0.25, -0.2) is 0 Å². The van der Waals surface area contributed by atoms with Gasteiger partial charge in [-0.3, -0.25) is 0 Å². The second kappa shape index (κ2) is 5.23. The van der Waals surface area contributed by atoms with Crippen LogP contribution in [0.3, 0.4) is 0 Å². The fourth-order valence-corrected chi connectivity index (χ4v) is 5.92. The molecule has 5 nitrogen and oxygen atoms in total. The van der Waals surface area contributed by atoms with Crippen LogP contribution in [0.4, 0.5) is 0 Å². The zero-order chi connectivity index (χ0) is 16.1. The van der Waals surface area contributed by atoms with E-state index < -0.39 is 5.60 Å². The predicted octanol–water partition coefficient (Wildman–Crippen LogP) is 3.99. The van der Waals surface area contributed by atoms with Crippen LogP contribution in [0.25, 0.3) is 10.4 Å². The van der Waals surface area contributed by atoms with Gasteiger partial charge in [0.2, 0.25) is 0 Å². The van der Waals surface area contributed by atoms with Crippen molar-refractivity contribution >= 4 is 0 Å². The van der Waals surface area contributed by atoms with E-state index in [1.54, 1.807) is 7.11 Å². The quantitative estimate of drug-likeness (QED) is 0.518. The van der Waals surface area contributed by atoms with Gasteiger partial charge in [0.15, 0.2) is 0 Å². The number of methoxy groups -OCH3 is 1. The molecule has 0 spiro atoms. The molecule has 4 saturated carbocycles. The molecule has 1 unspecified atom stereocenters. The van der Waals surface area contributed by atoms with Gasteiger partial charge in [0.1, 0.15) is 0 Å². The van der Waals surface area contributed by atoms with E-state index >= 15 is 0 Å². The van der Waals surface area contributed by atoms with E-state index in [1.165, 1.54) is 0 Å². The Bertz CT molecular complexity index is 645. The van der Waals surface area contributed by atoms with Crippen LogP contribution in [0.5, 0.6) is 0 Å². The number of ether oxygens (including phenoxy) is 1. The molecule has 0 radical (unpaired) electrons. The molecule has 0 amide bonds. The van der Waals surface area contributed by atoms with Crippen molar-refractivity contribution in [2.24, 2.45) is 22.9 Å². The highest BCUT2D eigenvalue weighted by atomic mass is 16.5. The molecule has 23 heavy (non-hydrogen) atoms. The van der Waals surface area contributed by atoms with Gasteiger partial charge < -0.3 is 9.84 Å². The third kappa shape index (κ3) is 2.26. The van der Waals surface area contributed by atoms with Crippen LogP contribution in [-0.2, 0) is 4.74 Å². The van der Waals surface area contributed by atoms with E-state index in [0.717, 1.165) is 31.2 Å². The SMILES string of the molecule is CO[C@@]12C[C@H]3C[C@@H](C1)C([C@@H](N=[N+]=[N-])c1ccccc1)[C@](O)(C3)C2. The van der Waals surface area contributed by atoms with E-state index in [9.17, 15) is 5.11 Å². The van der Waals surface area contributed by atoms with Crippen molar-refractivity contribution in [3.05, 3.63) is 46.3 Å². The normalized spacial score (nSPS) is 42.3. The van der Waals surface area contributed by atoms with Crippen molar-refractivity contribution in [2.75, 3.05) is 7.11 Å². The number of nitrogens with zero attached hydrogens (tertiary/aromatic N) is 3. The highest BCUT2D eigenvalue weighted by Crippen LogP contribution is 2.64. The third-order valence-electron chi connectivity index (χ3n) is 6.42. The zero-order valence-electron chi connectivity index (χ0n) is 13.4. The number of benzene rings is 1. The fraction of sp³-hybridized carbons (Fsp3) is 0.667. The Labute approximate surface area is 136 Å². The summed E-state index contributed by atoms with van der Waals surface area (Å²) in [6, 6.07) is 9.59. The average Bonchev–Trinajstić information content (AvgIpc) is 2.53. The first-order chi connectivity index (χ1) is 11.1. The summed E-state index contributed by atoms with van der Waals surface area (Å²) in [5.74, 6) is 0.878. The molecular weight excluding hydrogens is 290 g/mol. The van der Waals surface area contributed by atoms with E-state index in [0.29, 0.717) is 18.3 Å². The number of hydrogen-bond acceptors (Lipinski definition) is 3. The average molecular weight is 313 g/mol. The first-order valence-electron chi connectivity index (χ1n) is 8.46. The summed E-state index contributed by atoms with van der Waals surface area (Å²) in [6.45, 7) is 0. The Kier molecular flexibility index (Phi) is 3.41. The maximum atomic E-state index is 11.5. The van der Waals surface area contributed by atoms with E-state index in [4.69, 9.17) is 10.3 Å². The number of hydrogen-bond donors (Lipinski definition) is 1. The molecule has 122 valence electrons. The summed E-state index contributed by atoms with van der Waals surface area (Å²) in [4.78, 5) is 3.10. The van der Waals surface area contributed by atoms with Gasteiger partial charge in [-0.15, -0.1) is 0 Å². The van der Waals surface area contributed by atoms with Crippen LogP contribution < -0.4 is 0 Å². The lowest BCUT2D eigenvalue weighted by Gasteiger charge is -2.64. The molecule has 0 saturated heterocycles. The second-order valence-electron chi connectivity index (χ2n) is 7.73. The fourth-order valence-electron chi connectivity index (χ4n) is 5.92. The predicted molar refractivity (Wildman–Crippen MR) is 86.6 cm³/mol. The molecule has 5 rings (SSSR count). The van der Waals surface area contributed by atoms with Crippen molar-refractivity contribution in [3.8, 4) is 0 Å². The van der Waals surface area contributed by atoms with Crippen LogP contribution in [0.2, 0.25) is 0 Å². The van der Waals surface area contributed by atoms with E-state index in [-0.39, 0.29) is 17.6 Å². The van der Waals surface area contributed by atoms with Crippen LogP contribution in [-0.4, -0.2) is 23.4 Å². The second-order valence-corrected chi connectivity index (χ2v) is 7.73. The highest BCUT2D eigenvalue weighted by Gasteiger charge is 2.63. The summed E-state index contributed by atoms with van der Waals surface area (Å²) < 4.78 is 5.85. The minimum Gasteiger partial charge on any atom is -0.389 e. The molecule has 0 heterocycles. The number of azide groups is 1. The first-order valence-corrected chi connectivity index (χ1v) is 8.46. The maximum absolute atomic E-state index is 11.5. The molecule has 1 N–H and O–H groups in total. The third-order valence-corrected chi connectivity index (χ3v) is 6.42. The molecule has 0 aliphatic heterocycles. The summed E-state index contributed by atoms with van der Waals surface area (Å²) in [5.41, 5.74) is 9.13. The van der Waals surface area contributed by atoms with Gasteiger partial charge >= 0.3 is 0 Å². The van der Waals surface area contributed by atoms with Gasteiger partial charge in [-0.05, 0) is 48.6 Å². The van der Waals surface area contributed by atoms with Crippen LogP contribution in [0.15, 0.2) is 35.4 Å². The standard InChI is InChI=1S/C18H23N3O2/c1-23-17-8-12-7-14(10-17)15(18(22,9-12)11-17)16(20-21-19)13-5-3-2-4-6-13/h2-6,12,14-16,22H,7-11H2,1H3/t12-,14+,15?,16+,17+,18+/m1/s1. The minimum atomic E-state index is -0.783. The Morgan fingerprint density at radius 1 is 1.30 bits per heavy atom. The summed E-state index contributed by atoms with van der Waals surface area (Å²) in [6.07, 6.45) is 4.62. The lowest BCUT2D eigenvalue weighted by Crippen LogP contribution is -2.65. The molecule has 1 aromatic carbocycles. The lowest BCUT2D eigenvalue weighted by molar-refractivity contribution is -0.244. The van der Waals surface area contributed by atoms with Gasteiger partial charge in [-0.2, -0.15) is 0 Å². The molecule has 6 atom stereocenters. The van der Waals surface area contributed by atoms with E-state index in [2.05, 4.69) is 10.0 Å². The van der Waals surface area contributed by atoms with Crippen molar-refractivity contribution in [2.45, 2.75) is 49.3 Å². The smallest absolute Gasteiger partial charge is 0.0715 e. The maximum Gasteiger partial charge on any atom is 0.0715 e. The summed E-state index contributed by atoms with van der Waals surface area (Å²) in [5, 5.41) is 15.6. The van der Waals surface area contributed by atoms with Crippen molar-refractivity contribution < 1.29 is 9.84 Å². The first kappa shape index (κ1) is 15.0. The van der Waals surface area contributed by atoms with Crippen molar-refractivity contribution in [1.29, 1.82) is 0 Å². The Balaban J connectivity index is 1.75. The molecule has 4 fully saturated rings. The number of rotatable bonds is 4. The largest absolute Gasteiger partial charge is 0.389 e. The van der Waals surface area contributed by atoms with Crippen molar-refractivity contribution in [1.82, 2.24) is 0 Å². The van der Waals surface area contributed by atoms with Gasteiger partial charge in [0.25, 0.3) is 0 Å². The molecule has 4 aliphatic carbocycles. The monoisotopic (exact) mass is 313 g/mol. The molecule has 4 aliphatic rings. The highest BCUT2D eigenvalue weighted by molar-refractivity contribution is 5.25. The van der Waals surface area contributed by atoms with Gasteiger partial charge in [0, 0.05) is 24.4 Å². The molecule has 5 heteroatoms. The van der Waals surface area contributed by atoms with Crippen LogP contribution in [0.1, 0.15) is 43.7 Å². The topological polar surface area (TPSA) is 78.2 Å². The molecule has 1 aromatic rings. The summed E-state index contributed by atoms with van der Waals surface area (Å²) >= 11 is 0. The lowest BCUT2D eigenvalue weighted by atomic mass is 9.46. The molecular formula is C18H23N3O2. The Hall–Kier alpha value is -1.55. The van der Waals surface area contributed by atoms with Crippen molar-refractivity contribution in [3.63, 3.8) is 0 Å². The molecule has 0 aromatic heterocycles. The minimum absolute atomic E-state index is 0.0133. The van der Waals surface area contributed by atoms with Gasteiger partial charge in [0.05, 0.1) is 17.2 Å². The Morgan fingerprint density at radius 2 is 2.09 bits per heavy atom. The van der Waals surface area contributed by atoms with Gasteiger partial charge in [-0.1, -0.05) is 35.4 Å². The molecule has 4 bridgehead atoms. The van der Waals surface area contributed by atoms with Crippen LogP contribution in [0, 0.1) is 17.8 Å². The van der Waals surface area contributed by atoms with E-state index in [1.807, 2.05) is 30.3 Å². The Morgan fingerprint density at radius 3 is 2.74 bits per heavy atom. The summed E-state index contributed by atoms with van der Waals surface area (Å²) in [7, 11) is 1.77.